The first-order chi connectivity index (χ1) is 13.4. The van der Waals surface area contributed by atoms with Crippen LogP contribution in [0.3, 0.4) is 0 Å². The third-order valence-corrected chi connectivity index (χ3v) is 3.85. The number of nitrogens with zero attached hydrogens (tertiary/aromatic N) is 3. The Balaban J connectivity index is 2.02. The Labute approximate surface area is 161 Å². The van der Waals surface area contributed by atoms with Crippen molar-refractivity contribution >= 4 is 17.4 Å². The molecule has 9 nitrogen and oxygen atoms in total. The number of nitro benzene ring substituents is 1. The maximum atomic E-state index is 14.0. The molecule has 1 amide bonds. The van der Waals surface area contributed by atoms with E-state index in [9.17, 15) is 19.3 Å². The molecular formula is C18H22FN5O4. The lowest BCUT2D eigenvalue weighted by molar-refractivity contribution is -0.385. The van der Waals surface area contributed by atoms with E-state index in [-0.39, 0.29) is 35.5 Å². The molecule has 0 unspecified atom stereocenters. The first kappa shape index (κ1) is 21.2. The molecule has 0 spiro atoms. The third kappa shape index (κ3) is 6.25. The number of amides is 1. The van der Waals surface area contributed by atoms with Crippen LogP contribution in [0.15, 0.2) is 36.5 Å². The standard InChI is InChI=1S/C18H22FN5O4/c1-3-23(9-8-20-2)12-18(25)22-17-11-14(6-7-21-17)28-16-5-4-13(24(26)27)10-15(16)19/h4-7,10-11,20H,3,8-9,12H2,1-2H3,(H,21,22,25). The van der Waals surface area contributed by atoms with Gasteiger partial charge in [0, 0.05) is 31.4 Å². The smallest absolute Gasteiger partial charge is 0.272 e. The Bertz CT molecular complexity index is 833. The number of likely N-dealkylation sites (N-methyl/N-ethyl adjacent to an activating group) is 2. The second-order valence-electron chi connectivity index (χ2n) is 5.87. The average Bonchev–Trinajstić information content (AvgIpc) is 2.66. The quantitative estimate of drug-likeness (QED) is 0.473. The number of hydrogen-bond donors (Lipinski definition) is 2. The monoisotopic (exact) mass is 391 g/mol. The lowest BCUT2D eigenvalue weighted by Crippen LogP contribution is -2.37. The number of ether oxygens (including phenoxy) is 1. The minimum Gasteiger partial charge on any atom is -0.454 e. The maximum Gasteiger partial charge on any atom is 0.272 e. The Morgan fingerprint density at radius 2 is 2.14 bits per heavy atom. The first-order valence-electron chi connectivity index (χ1n) is 8.67. The minimum absolute atomic E-state index is 0.168. The summed E-state index contributed by atoms with van der Waals surface area (Å²) >= 11 is 0. The molecule has 2 N–H and O–H groups in total. The molecular weight excluding hydrogens is 369 g/mol. The van der Waals surface area contributed by atoms with Gasteiger partial charge in [0.15, 0.2) is 11.6 Å². The third-order valence-electron chi connectivity index (χ3n) is 3.85. The van der Waals surface area contributed by atoms with Crippen LogP contribution in [0.5, 0.6) is 11.5 Å². The summed E-state index contributed by atoms with van der Waals surface area (Å²) in [5, 5.41) is 16.4. The predicted octanol–water partition coefficient (Wildman–Crippen LogP) is 2.40. The summed E-state index contributed by atoms with van der Waals surface area (Å²) in [7, 11) is 1.84. The number of aromatic nitrogens is 1. The molecule has 0 bridgehead atoms. The molecule has 0 radical (unpaired) electrons. The maximum absolute atomic E-state index is 14.0. The number of halogens is 1. The van der Waals surface area contributed by atoms with Crippen LogP contribution in [0.1, 0.15) is 6.92 Å². The fraction of sp³-hybridized carbons (Fsp3) is 0.333. The number of carbonyl (C=O) groups excluding carboxylic acids is 1. The summed E-state index contributed by atoms with van der Waals surface area (Å²) in [6, 6.07) is 6.04. The zero-order valence-corrected chi connectivity index (χ0v) is 15.6. The Morgan fingerprint density at radius 3 is 2.79 bits per heavy atom. The van der Waals surface area contributed by atoms with Crippen molar-refractivity contribution in [3.8, 4) is 11.5 Å². The zero-order valence-electron chi connectivity index (χ0n) is 15.6. The molecule has 0 aliphatic rings. The molecule has 1 aromatic carbocycles. The van der Waals surface area contributed by atoms with E-state index in [1.807, 2.05) is 18.9 Å². The van der Waals surface area contributed by atoms with Gasteiger partial charge in [-0.05, 0) is 25.7 Å². The van der Waals surface area contributed by atoms with Crippen LogP contribution in [-0.4, -0.2) is 53.9 Å². The van der Waals surface area contributed by atoms with Gasteiger partial charge in [0.25, 0.3) is 5.69 Å². The lowest BCUT2D eigenvalue weighted by atomic mass is 10.3. The molecule has 2 aromatic rings. The molecule has 0 atom stereocenters. The van der Waals surface area contributed by atoms with Crippen molar-refractivity contribution in [3.63, 3.8) is 0 Å². The van der Waals surface area contributed by atoms with Crippen LogP contribution >= 0.6 is 0 Å². The second-order valence-corrected chi connectivity index (χ2v) is 5.87. The van der Waals surface area contributed by atoms with Gasteiger partial charge in [-0.15, -0.1) is 0 Å². The minimum atomic E-state index is -0.861. The summed E-state index contributed by atoms with van der Waals surface area (Å²) < 4.78 is 19.4. The summed E-state index contributed by atoms with van der Waals surface area (Å²) in [4.78, 5) is 28.2. The van der Waals surface area contributed by atoms with Crippen molar-refractivity contribution in [1.82, 2.24) is 15.2 Å². The van der Waals surface area contributed by atoms with Gasteiger partial charge in [0.1, 0.15) is 11.6 Å². The van der Waals surface area contributed by atoms with Gasteiger partial charge >= 0.3 is 0 Å². The highest BCUT2D eigenvalue weighted by Gasteiger charge is 2.13. The SMILES string of the molecule is CCN(CCNC)CC(=O)Nc1cc(Oc2ccc([N+](=O)[O-])cc2F)ccn1. The number of nitrogens with one attached hydrogen (secondary N) is 2. The van der Waals surface area contributed by atoms with Gasteiger partial charge in [-0.2, -0.15) is 0 Å². The van der Waals surface area contributed by atoms with E-state index in [1.54, 1.807) is 0 Å². The highest BCUT2D eigenvalue weighted by molar-refractivity contribution is 5.91. The fourth-order valence-corrected chi connectivity index (χ4v) is 2.36. The van der Waals surface area contributed by atoms with Crippen LogP contribution in [-0.2, 0) is 4.79 Å². The van der Waals surface area contributed by atoms with Crippen molar-refractivity contribution in [1.29, 1.82) is 0 Å². The molecule has 1 aromatic heterocycles. The van der Waals surface area contributed by atoms with Crippen molar-refractivity contribution < 1.29 is 18.8 Å². The van der Waals surface area contributed by atoms with E-state index in [1.165, 1.54) is 24.4 Å². The number of benzene rings is 1. The Hall–Kier alpha value is -3.11. The van der Waals surface area contributed by atoms with Gasteiger partial charge < -0.3 is 15.4 Å². The molecule has 0 saturated heterocycles. The predicted molar refractivity (Wildman–Crippen MR) is 102 cm³/mol. The van der Waals surface area contributed by atoms with Crippen LogP contribution < -0.4 is 15.4 Å². The first-order valence-corrected chi connectivity index (χ1v) is 8.67. The van der Waals surface area contributed by atoms with Crippen molar-refractivity contribution in [2.24, 2.45) is 0 Å². The largest absolute Gasteiger partial charge is 0.454 e. The van der Waals surface area contributed by atoms with E-state index in [0.29, 0.717) is 0 Å². The van der Waals surface area contributed by atoms with Gasteiger partial charge in [-0.25, -0.2) is 9.37 Å². The number of anilines is 1. The van der Waals surface area contributed by atoms with Gasteiger partial charge in [-0.1, -0.05) is 6.92 Å². The summed E-state index contributed by atoms with van der Waals surface area (Å²) in [6.07, 6.45) is 1.41. The molecule has 28 heavy (non-hydrogen) atoms. The van der Waals surface area contributed by atoms with Crippen LogP contribution in [0, 0.1) is 15.9 Å². The lowest BCUT2D eigenvalue weighted by Gasteiger charge is -2.19. The van der Waals surface area contributed by atoms with Gasteiger partial charge in [0.2, 0.25) is 5.91 Å². The highest BCUT2D eigenvalue weighted by Crippen LogP contribution is 2.28. The zero-order chi connectivity index (χ0) is 20.5. The molecule has 0 aliphatic heterocycles. The van der Waals surface area contributed by atoms with E-state index in [0.717, 1.165) is 31.8 Å². The normalized spacial score (nSPS) is 10.7. The molecule has 2 rings (SSSR count). The average molecular weight is 391 g/mol. The second kappa shape index (κ2) is 10.3. The number of rotatable bonds is 10. The number of nitro groups is 1. The van der Waals surface area contributed by atoms with Crippen molar-refractivity contribution in [2.75, 3.05) is 38.5 Å². The van der Waals surface area contributed by atoms with Crippen LogP contribution in [0.25, 0.3) is 0 Å². The van der Waals surface area contributed by atoms with Crippen LogP contribution in [0.4, 0.5) is 15.9 Å². The topological polar surface area (TPSA) is 110 Å². The summed E-state index contributed by atoms with van der Waals surface area (Å²) in [6.45, 7) is 4.40. The van der Waals surface area contributed by atoms with E-state index in [4.69, 9.17) is 4.74 Å². The summed E-state index contributed by atoms with van der Waals surface area (Å²) in [5.41, 5.74) is -0.369. The summed E-state index contributed by atoms with van der Waals surface area (Å²) in [5.74, 6) is -0.766. The van der Waals surface area contributed by atoms with Crippen molar-refractivity contribution in [3.05, 3.63) is 52.5 Å². The van der Waals surface area contributed by atoms with Crippen molar-refractivity contribution in [2.45, 2.75) is 6.92 Å². The van der Waals surface area contributed by atoms with E-state index in [2.05, 4.69) is 15.6 Å². The number of pyridine rings is 1. The van der Waals surface area contributed by atoms with Gasteiger partial charge in [0.05, 0.1) is 17.5 Å². The molecule has 0 saturated carbocycles. The molecule has 150 valence electrons. The fourth-order valence-electron chi connectivity index (χ4n) is 2.36. The number of hydrogen-bond acceptors (Lipinski definition) is 7. The Kier molecular flexibility index (Phi) is 7.78. The molecule has 10 heteroatoms. The molecule has 0 aliphatic carbocycles. The van der Waals surface area contributed by atoms with E-state index < -0.39 is 10.7 Å². The number of carbonyl (C=O) groups is 1. The molecule has 0 fully saturated rings. The number of non-ortho nitro benzene ring substituents is 1. The Morgan fingerprint density at radius 1 is 1.36 bits per heavy atom. The molecule has 1 heterocycles. The van der Waals surface area contributed by atoms with E-state index >= 15 is 0 Å². The van der Waals surface area contributed by atoms with Gasteiger partial charge in [-0.3, -0.25) is 19.8 Å². The van der Waals surface area contributed by atoms with Crippen LogP contribution in [0.2, 0.25) is 0 Å². The highest BCUT2D eigenvalue weighted by atomic mass is 19.1.